The maximum Gasteiger partial charge on any atom is 0.191 e. The van der Waals surface area contributed by atoms with Crippen molar-refractivity contribution in [2.45, 2.75) is 19.9 Å². The number of nitrogens with zero attached hydrogens (tertiary/aromatic N) is 1. The second-order valence-electron chi connectivity index (χ2n) is 5.53. The maximum absolute atomic E-state index is 5.53. The lowest BCUT2D eigenvalue weighted by Crippen LogP contribution is -2.37. The third-order valence-electron chi connectivity index (χ3n) is 3.76. The summed E-state index contributed by atoms with van der Waals surface area (Å²) in [6, 6.07) is 16.2. The van der Waals surface area contributed by atoms with Crippen LogP contribution in [0.15, 0.2) is 53.5 Å². The fourth-order valence-electron chi connectivity index (χ4n) is 2.44. The molecule has 0 atom stereocenters. The third-order valence-corrected chi connectivity index (χ3v) is 3.76. The Balaban J connectivity index is 1.77. The standard InChI is InChI=1S/C20H27N3O2/c1-4-25-19-7-5-6-17(14-19)15-23-20(21-2)22-13-12-16-8-10-18(24-3)11-9-16/h5-11,14H,4,12-13,15H2,1-3H3,(H2,21,22,23). The summed E-state index contributed by atoms with van der Waals surface area (Å²) in [4.78, 5) is 4.26. The van der Waals surface area contributed by atoms with Crippen LogP contribution in [0.2, 0.25) is 0 Å². The first-order chi connectivity index (χ1) is 12.2. The second kappa shape index (κ2) is 10.2. The van der Waals surface area contributed by atoms with E-state index in [1.807, 2.05) is 37.3 Å². The molecular formula is C20H27N3O2. The van der Waals surface area contributed by atoms with Gasteiger partial charge in [-0.1, -0.05) is 24.3 Å². The molecule has 2 aromatic carbocycles. The Labute approximate surface area is 150 Å². The molecule has 0 aliphatic carbocycles. The summed E-state index contributed by atoms with van der Waals surface area (Å²) >= 11 is 0. The number of hydrogen-bond acceptors (Lipinski definition) is 3. The molecule has 0 aliphatic heterocycles. The molecule has 25 heavy (non-hydrogen) atoms. The van der Waals surface area contributed by atoms with Crippen LogP contribution in [0.1, 0.15) is 18.1 Å². The van der Waals surface area contributed by atoms with Gasteiger partial charge < -0.3 is 20.1 Å². The van der Waals surface area contributed by atoms with Gasteiger partial charge in [0, 0.05) is 20.1 Å². The van der Waals surface area contributed by atoms with E-state index < -0.39 is 0 Å². The van der Waals surface area contributed by atoms with E-state index in [2.05, 4.69) is 33.8 Å². The van der Waals surface area contributed by atoms with E-state index in [1.165, 1.54) is 5.56 Å². The predicted octanol–water partition coefficient (Wildman–Crippen LogP) is 3.00. The Morgan fingerprint density at radius 2 is 1.80 bits per heavy atom. The summed E-state index contributed by atoms with van der Waals surface area (Å²) in [6.45, 7) is 4.17. The van der Waals surface area contributed by atoms with Crippen LogP contribution in [0.25, 0.3) is 0 Å². The van der Waals surface area contributed by atoms with E-state index >= 15 is 0 Å². The molecule has 0 saturated heterocycles. The molecule has 134 valence electrons. The molecule has 5 nitrogen and oxygen atoms in total. The van der Waals surface area contributed by atoms with Gasteiger partial charge in [-0.15, -0.1) is 0 Å². The van der Waals surface area contributed by atoms with Crippen molar-refractivity contribution in [1.29, 1.82) is 0 Å². The van der Waals surface area contributed by atoms with Crippen molar-refractivity contribution in [3.8, 4) is 11.5 Å². The quantitative estimate of drug-likeness (QED) is 0.572. The van der Waals surface area contributed by atoms with Crippen molar-refractivity contribution in [2.24, 2.45) is 4.99 Å². The van der Waals surface area contributed by atoms with Gasteiger partial charge in [-0.05, 0) is 48.7 Å². The van der Waals surface area contributed by atoms with Gasteiger partial charge in [-0.3, -0.25) is 4.99 Å². The van der Waals surface area contributed by atoms with Crippen LogP contribution in [-0.2, 0) is 13.0 Å². The van der Waals surface area contributed by atoms with Gasteiger partial charge in [0.15, 0.2) is 5.96 Å². The van der Waals surface area contributed by atoms with E-state index in [4.69, 9.17) is 9.47 Å². The zero-order chi connectivity index (χ0) is 17.9. The summed E-state index contributed by atoms with van der Waals surface area (Å²) in [6.07, 6.45) is 0.921. The molecule has 2 rings (SSSR count). The normalized spacial score (nSPS) is 11.1. The molecule has 0 unspecified atom stereocenters. The Morgan fingerprint density at radius 1 is 1.00 bits per heavy atom. The summed E-state index contributed by atoms with van der Waals surface area (Å²) < 4.78 is 10.7. The zero-order valence-electron chi connectivity index (χ0n) is 15.2. The van der Waals surface area contributed by atoms with Crippen molar-refractivity contribution < 1.29 is 9.47 Å². The number of rotatable bonds is 8. The van der Waals surface area contributed by atoms with Gasteiger partial charge >= 0.3 is 0 Å². The fraction of sp³-hybridized carbons (Fsp3) is 0.350. The Morgan fingerprint density at radius 3 is 2.48 bits per heavy atom. The molecule has 0 radical (unpaired) electrons. The molecule has 0 amide bonds. The zero-order valence-corrected chi connectivity index (χ0v) is 15.2. The van der Waals surface area contributed by atoms with Crippen molar-refractivity contribution in [2.75, 3.05) is 27.3 Å². The average molecular weight is 341 g/mol. The van der Waals surface area contributed by atoms with E-state index in [1.54, 1.807) is 14.2 Å². The number of ether oxygens (including phenoxy) is 2. The van der Waals surface area contributed by atoms with Crippen molar-refractivity contribution in [3.05, 3.63) is 59.7 Å². The van der Waals surface area contributed by atoms with Gasteiger partial charge in [0.2, 0.25) is 0 Å². The summed E-state index contributed by atoms with van der Waals surface area (Å²) in [7, 11) is 3.45. The second-order valence-corrected chi connectivity index (χ2v) is 5.53. The molecule has 0 aliphatic rings. The maximum atomic E-state index is 5.53. The Hall–Kier alpha value is -2.69. The van der Waals surface area contributed by atoms with Crippen molar-refractivity contribution in [1.82, 2.24) is 10.6 Å². The van der Waals surface area contributed by atoms with Crippen LogP contribution in [0.4, 0.5) is 0 Å². The number of benzene rings is 2. The first kappa shape index (κ1) is 18.6. The van der Waals surface area contributed by atoms with Gasteiger partial charge in [0.1, 0.15) is 11.5 Å². The molecule has 5 heteroatoms. The SMILES string of the molecule is CCOc1cccc(CNC(=NC)NCCc2ccc(OC)cc2)c1. The minimum absolute atomic E-state index is 0.672. The van der Waals surface area contributed by atoms with E-state index in [0.29, 0.717) is 13.2 Å². The summed E-state index contributed by atoms with van der Waals surface area (Å²) in [5, 5.41) is 6.66. The van der Waals surface area contributed by atoms with Gasteiger partial charge in [-0.2, -0.15) is 0 Å². The number of nitrogens with one attached hydrogen (secondary N) is 2. The van der Waals surface area contributed by atoms with E-state index in [9.17, 15) is 0 Å². The Bertz CT molecular complexity index is 669. The molecule has 0 fully saturated rings. The van der Waals surface area contributed by atoms with Gasteiger partial charge in [0.25, 0.3) is 0 Å². The van der Waals surface area contributed by atoms with Crippen LogP contribution >= 0.6 is 0 Å². The third kappa shape index (κ3) is 6.37. The van der Waals surface area contributed by atoms with Crippen LogP contribution in [0.5, 0.6) is 11.5 Å². The first-order valence-electron chi connectivity index (χ1n) is 8.54. The highest BCUT2D eigenvalue weighted by Crippen LogP contribution is 2.13. The van der Waals surface area contributed by atoms with Crippen LogP contribution in [0.3, 0.4) is 0 Å². The van der Waals surface area contributed by atoms with Gasteiger partial charge in [0.05, 0.1) is 13.7 Å². The number of guanidine groups is 1. The lowest BCUT2D eigenvalue weighted by molar-refractivity contribution is 0.340. The van der Waals surface area contributed by atoms with Crippen LogP contribution < -0.4 is 20.1 Å². The van der Waals surface area contributed by atoms with E-state index in [-0.39, 0.29) is 0 Å². The fourth-order valence-corrected chi connectivity index (χ4v) is 2.44. The van der Waals surface area contributed by atoms with E-state index in [0.717, 1.165) is 36.0 Å². The van der Waals surface area contributed by atoms with Crippen LogP contribution in [0, 0.1) is 0 Å². The topological polar surface area (TPSA) is 54.9 Å². The number of hydrogen-bond donors (Lipinski definition) is 2. The highest BCUT2D eigenvalue weighted by Gasteiger charge is 2.01. The Kier molecular flexibility index (Phi) is 7.63. The molecule has 0 bridgehead atoms. The smallest absolute Gasteiger partial charge is 0.191 e. The molecule has 0 heterocycles. The predicted molar refractivity (Wildman–Crippen MR) is 103 cm³/mol. The van der Waals surface area contributed by atoms with Crippen molar-refractivity contribution in [3.63, 3.8) is 0 Å². The highest BCUT2D eigenvalue weighted by atomic mass is 16.5. The molecule has 2 N–H and O–H groups in total. The molecule has 0 spiro atoms. The lowest BCUT2D eigenvalue weighted by atomic mass is 10.1. The average Bonchev–Trinajstić information content (AvgIpc) is 2.65. The minimum Gasteiger partial charge on any atom is -0.497 e. The minimum atomic E-state index is 0.672. The highest BCUT2D eigenvalue weighted by molar-refractivity contribution is 5.79. The molecule has 2 aromatic rings. The molecule has 0 saturated carbocycles. The first-order valence-corrected chi connectivity index (χ1v) is 8.54. The summed E-state index contributed by atoms with van der Waals surface area (Å²) in [5.41, 5.74) is 2.41. The summed E-state index contributed by atoms with van der Waals surface area (Å²) in [5.74, 6) is 2.56. The van der Waals surface area contributed by atoms with Crippen LogP contribution in [-0.4, -0.2) is 33.3 Å². The number of aliphatic imine (C=N–C) groups is 1. The lowest BCUT2D eigenvalue weighted by Gasteiger charge is -2.13. The molecular weight excluding hydrogens is 314 g/mol. The largest absolute Gasteiger partial charge is 0.497 e. The number of methoxy groups -OCH3 is 1. The van der Waals surface area contributed by atoms with Gasteiger partial charge in [-0.25, -0.2) is 0 Å². The monoisotopic (exact) mass is 341 g/mol. The van der Waals surface area contributed by atoms with Crippen molar-refractivity contribution >= 4 is 5.96 Å². The molecule has 0 aromatic heterocycles.